The Balaban J connectivity index is 2.12. The second-order valence-electron chi connectivity index (χ2n) is 4.99. The van der Waals surface area contributed by atoms with Crippen molar-refractivity contribution in [1.82, 2.24) is 15.0 Å². The molecular formula is C17H16BrN3O2. The molecule has 0 saturated carbocycles. The minimum atomic E-state index is 0.691. The summed E-state index contributed by atoms with van der Waals surface area (Å²) in [5.41, 5.74) is 3.68. The molecule has 0 atom stereocenters. The molecule has 0 saturated heterocycles. The smallest absolute Gasteiger partial charge is 0.142 e. The number of nitrogens with zero attached hydrogens (tertiary/aromatic N) is 2. The molecule has 1 aromatic carbocycles. The highest BCUT2D eigenvalue weighted by molar-refractivity contribution is 9.10. The largest absolute Gasteiger partial charge is 0.496 e. The summed E-state index contributed by atoms with van der Waals surface area (Å²) < 4.78 is 11.6. The Bertz CT molecular complexity index is 831. The number of ether oxygens (including phenoxy) is 2. The van der Waals surface area contributed by atoms with E-state index in [2.05, 4.69) is 25.9 Å². The van der Waals surface area contributed by atoms with Crippen molar-refractivity contribution in [2.24, 2.45) is 0 Å². The van der Waals surface area contributed by atoms with E-state index in [9.17, 15) is 0 Å². The zero-order chi connectivity index (χ0) is 16.4. The lowest BCUT2D eigenvalue weighted by atomic mass is 10.1. The van der Waals surface area contributed by atoms with E-state index in [1.54, 1.807) is 26.6 Å². The molecule has 23 heavy (non-hydrogen) atoms. The van der Waals surface area contributed by atoms with Crippen LogP contribution in [0.1, 0.15) is 5.69 Å². The average Bonchev–Trinajstić information content (AvgIpc) is 2.97. The molecule has 6 heteroatoms. The molecule has 0 unspecified atom stereocenters. The van der Waals surface area contributed by atoms with Crippen LogP contribution in [0.3, 0.4) is 0 Å². The number of nitrogens with one attached hydrogen (secondary N) is 1. The minimum Gasteiger partial charge on any atom is -0.496 e. The van der Waals surface area contributed by atoms with Crippen LogP contribution in [-0.2, 0) is 0 Å². The molecule has 0 aliphatic heterocycles. The Morgan fingerprint density at radius 1 is 1.13 bits per heavy atom. The summed E-state index contributed by atoms with van der Waals surface area (Å²) in [5.74, 6) is 2.14. The number of aromatic amines is 1. The van der Waals surface area contributed by atoms with Crippen LogP contribution in [0.15, 0.2) is 41.1 Å². The number of imidazole rings is 1. The van der Waals surface area contributed by atoms with Gasteiger partial charge in [-0.05, 0) is 41.1 Å². The van der Waals surface area contributed by atoms with E-state index >= 15 is 0 Å². The normalized spacial score (nSPS) is 10.6. The molecule has 3 aromatic rings. The van der Waals surface area contributed by atoms with E-state index in [1.165, 1.54) is 0 Å². The van der Waals surface area contributed by atoms with Crippen molar-refractivity contribution < 1.29 is 9.47 Å². The molecule has 0 amide bonds. The molecule has 2 aromatic heterocycles. The van der Waals surface area contributed by atoms with Crippen molar-refractivity contribution in [2.45, 2.75) is 6.92 Å². The number of benzene rings is 1. The Labute approximate surface area is 142 Å². The maximum absolute atomic E-state index is 5.48. The van der Waals surface area contributed by atoms with Gasteiger partial charge in [-0.15, -0.1) is 0 Å². The number of H-pyrrole nitrogens is 1. The molecule has 1 N–H and O–H groups in total. The molecule has 0 fully saturated rings. The highest BCUT2D eigenvalue weighted by atomic mass is 79.9. The third kappa shape index (κ3) is 2.94. The van der Waals surface area contributed by atoms with Gasteiger partial charge in [0.1, 0.15) is 17.3 Å². The van der Waals surface area contributed by atoms with Gasteiger partial charge in [0.2, 0.25) is 0 Å². The Morgan fingerprint density at radius 2 is 1.91 bits per heavy atom. The van der Waals surface area contributed by atoms with Gasteiger partial charge in [-0.2, -0.15) is 0 Å². The van der Waals surface area contributed by atoms with Crippen molar-refractivity contribution in [1.29, 1.82) is 0 Å². The molecule has 5 nitrogen and oxygen atoms in total. The van der Waals surface area contributed by atoms with Gasteiger partial charge in [0.15, 0.2) is 0 Å². The fourth-order valence-electron chi connectivity index (χ4n) is 2.42. The molecule has 0 aliphatic rings. The second-order valence-corrected chi connectivity index (χ2v) is 5.84. The highest BCUT2D eigenvalue weighted by Gasteiger charge is 2.16. The van der Waals surface area contributed by atoms with Crippen LogP contribution < -0.4 is 9.47 Å². The lowest BCUT2D eigenvalue weighted by Crippen LogP contribution is -1.93. The van der Waals surface area contributed by atoms with Crippen LogP contribution >= 0.6 is 15.9 Å². The molecule has 0 radical (unpaired) electrons. The van der Waals surface area contributed by atoms with E-state index in [1.807, 2.05) is 31.2 Å². The van der Waals surface area contributed by atoms with Crippen LogP contribution in [-0.4, -0.2) is 29.2 Å². The lowest BCUT2D eigenvalue weighted by Gasteiger charge is -2.10. The third-order valence-corrected chi connectivity index (χ3v) is 4.17. The van der Waals surface area contributed by atoms with Crippen LogP contribution in [0.25, 0.3) is 22.6 Å². The monoisotopic (exact) mass is 373 g/mol. The van der Waals surface area contributed by atoms with Gasteiger partial charge < -0.3 is 14.5 Å². The number of methoxy groups -OCH3 is 2. The van der Waals surface area contributed by atoms with Crippen molar-refractivity contribution in [3.63, 3.8) is 0 Å². The quantitative estimate of drug-likeness (QED) is 0.743. The molecule has 0 aliphatic carbocycles. The standard InChI is InChI=1S/C17H16BrN3O2/c1-10-16(11-5-4-6-19-9-11)21-17(20-10)12-7-13(18)15(23-3)8-14(12)22-2/h4-9H,1-3H3,(H,20,21). The van der Waals surface area contributed by atoms with E-state index in [0.29, 0.717) is 11.5 Å². The second kappa shape index (κ2) is 6.42. The SMILES string of the molecule is COc1cc(OC)c(-c2nc(-c3cccnc3)c(C)[nH]2)cc1Br. The molecule has 0 spiro atoms. The van der Waals surface area contributed by atoms with Gasteiger partial charge in [-0.25, -0.2) is 4.98 Å². The van der Waals surface area contributed by atoms with E-state index in [-0.39, 0.29) is 0 Å². The first-order chi connectivity index (χ1) is 11.1. The van der Waals surface area contributed by atoms with Gasteiger partial charge in [0.05, 0.1) is 29.9 Å². The first kappa shape index (κ1) is 15.6. The molecule has 2 heterocycles. The molecule has 0 bridgehead atoms. The summed E-state index contributed by atoms with van der Waals surface area (Å²) in [6, 6.07) is 7.65. The van der Waals surface area contributed by atoms with Crippen LogP contribution in [0.2, 0.25) is 0 Å². The molecule has 3 rings (SSSR count). The summed E-state index contributed by atoms with van der Waals surface area (Å²) in [6.45, 7) is 1.99. The Kier molecular flexibility index (Phi) is 4.34. The van der Waals surface area contributed by atoms with E-state index in [0.717, 1.165) is 32.8 Å². The number of rotatable bonds is 4. The number of aromatic nitrogens is 3. The average molecular weight is 374 g/mol. The zero-order valence-electron chi connectivity index (χ0n) is 13.1. The zero-order valence-corrected chi connectivity index (χ0v) is 14.6. The number of pyridine rings is 1. The van der Waals surface area contributed by atoms with Crippen LogP contribution in [0, 0.1) is 6.92 Å². The first-order valence-electron chi connectivity index (χ1n) is 7.03. The van der Waals surface area contributed by atoms with E-state index in [4.69, 9.17) is 14.5 Å². The van der Waals surface area contributed by atoms with Crippen molar-refractivity contribution in [3.8, 4) is 34.1 Å². The summed E-state index contributed by atoms with van der Waals surface area (Å²) in [4.78, 5) is 12.2. The van der Waals surface area contributed by atoms with Crippen LogP contribution in [0.5, 0.6) is 11.5 Å². The predicted octanol–water partition coefficient (Wildman–Crippen LogP) is 4.23. The lowest BCUT2D eigenvalue weighted by molar-refractivity contribution is 0.393. The fraction of sp³-hybridized carbons (Fsp3) is 0.176. The van der Waals surface area contributed by atoms with Crippen molar-refractivity contribution >= 4 is 15.9 Å². The van der Waals surface area contributed by atoms with Crippen molar-refractivity contribution in [3.05, 3.63) is 46.8 Å². The minimum absolute atomic E-state index is 0.691. The summed E-state index contributed by atoms with van der Waals surface area (Å²) in [7, 11) is 3.25. The maximum atomic E-state index is 5.48. The molecular weight excluding hydrogens is 358 g/mol. The van der Waals surface area contributed by atoms with Gasteiger partial charge in [-0.1, -0.05) is 0 Å². The maximum Gasteiger partial charge on any atom is 0.142 e. The third-order valence-electron chi connectivity index (χ3n) is 3.55. The number of hydrogen-bond donors (Lipinski definition) is 1. The Morgan fingerprint density at radius 3 is 2.57 bits per heavy atom. The van der Waals surface area contributed by atoms with Gasteiger partial charge >= 0.3 is 0 Å². The van der Waals surface area contributed by atoms with Crippen LogP contribution in [0.4, 0.5) is 0 Å². The number of hydrogen-bond acceptors (Lipinski definition) is 4. The van der Waals surface area contributed by atoms with Crippen molar-refractivity contribution in [2.75, 3.05) is 14.2 Å². The summed E-state index contributed by atoms with van der Waals surface area (Å²) >= 11 is 3.51. The topological polar surface area (TPSA) is 60.0 Å². The predicted molar refractivity (Wildman–Crippen MR) is 92.8 cm³/mol. The number of halogens is 1. The van der Waals surface area contributed by atoms with Gasteiger partial charge in [-0.3, -0.25) is 4.98 Å². The summed E-state index contributed by atoms with van der Waals surface area (Å²) in [5, 5.41) is 0. The van der Waals surface area contributed by atoms with Gasteiger partial charge in [0.25, 0.3) is 0 Å². The first-order valence-corrected chi connectivity index (χ1v) is 7.82. The highest BCUT2D eigenvalue weighted by Crippen LogP contribution is 2.38. The Hall–Kier alpha value is -2.34. The summed E-state index contributed by atoms with van der Waals surface area (Å²) in [6.07, 6.45) is 3.55. The van der Waals surface area contributed by atoms with Gasteiger partial charge in [0, 0.05) is 29.7 Å². The fourth-order valence-corrected chi connectivity index (χ4v) is 2.92. The molecule has 118 valence electrons. The number of aryl methyl sites for hydroxylation is 1. The van der Waals surface area contributed by atoms with E-state index < -0.39 is 0 Å².